The van der Waals surface area contributed by atoms with Crippen molar-refractivity contribution >= 4 is 52.6 Å². The normalized spacial score (nSPS) is 19.8. The number of nitrogens with zero attached hydrogens (tertiary/aromatic N) is 3. The minimum atomic E-state index is -5.79. The van der Waals surface area contributed by atoms with Gasteiger partial charge in [-0.2, -0.15) is 8.78 Å². The molecule has 11 nitrogen and oxygen atoms in total. The van der Waals surface area contributed by atoms with E-state index >= 15 is 0 Å². The lowest BCUT2D eigenvalue weighted by Gasteiger charge is -2.44. The van der Waals surface area contributed by atoms with Crippen LogP contribution in [0.3, 0.4) is 0 Å². The van der Waals surface area contributed by atoms with Crippen molar-refractivity contribution in [2.45, 2.75) is 57.8 Å². The van der Waals surface area contributed by atoms with E-state index in [1.54, 1.807) is 30.6 Å². The number of fused-ring (bicyclic) bond motifs is 1. The van der Waals surface area contributed by atoms with Crippen LogP contribution in [0.4, 0.5) is 8.78 Å². The van der Waals surface area contributed by atoms with Crippen molar-refractivity contribution in [1.29, 1.82) is 0 Å². The highest BCUT2D eigenvalue weighted by Crippen LogP contribution is 2.59. The van der Waals surface area contributed by atoms with Gasteiger partial charge in [-0.15, -0.1) is 11.3 Å². The van der Waals surface area contributed by atoms with E-state index in [-0.39, 0.29) is 47.6 Å². The quantitative estimate of drug-likeness (QED) is 0.310. The molecule has 0 bridgehead atoms. The summed E-state index contributed by atoms with van der Waals surface area (Å²) in [6.07, 6.45) is 0.765. The van der Waals surface area contributed by atoms with Crippen LogP contribution in [0.1, 0.15) is 60.8 Å². The van der Waals surface area contributed by atoms with Gasteiger partial charge >= 0.3 is 13.3 Å². The van der Waals surface area contributed by atoms with Crippen LogP contribution in [-0.4, -0.2) is 92.9 Å². The Morgan fingerprint density at radius 3 is 2.27 bits per heavy atom. The van der Waals surface area contributed by atoms with Crippen molar-refractivity contribution in [3.63, 3.8) is 0 Å². The van der Waals surface area contributed by atoms with Crippen LogP contribution >= 0.6 is 18.9 Å². The summed E-state index contributed by atoms with van der Waals surface area (Å²) in [6.45, 7) is 8.04. The highest BCUT2D eigenvalue weighted by Gasteiger charge is 2.50. The molecule has 0 spiro atoms. The number of nitrogens with one attached hydrogen (secondary N) is 1. The molecule has 48 heavy (non-hydrogen) atoms. The molecule has 15 heteroatoms. The lowest BCUT2D eigenvalue weighted by atomic mass is 9.85. The minimum absolute atomic E-state index is 0.0229. The van der Waals surface area contributed by atoms with E-state index in [1.807, 2.05) is 30.3 Å². The number of amides is 4. The van der Waals surface area contributed by atoms with Crippen molar-refractivity contribution < 1.29 is 42.3 Å². The van der Waals surface area contributed by atoms with Gasteiger partial charge in [0, 0.05) is 49.3 Å². The number of alkyl halides is 2. The fourth-order valence-corrected chi connectivity index (χ4v) is 7.66. The highest BCUT2D eigenvalue weighted by atomic mass is 32.1. The maximum atomic E-state index is 14.3. The van der Waals surface area contributed by atoms with Gasteiger partial charge in [0.05, 0.1) is 11.4 Å². The number of carbonyl (C=O) groups is 4. The zero-order valence-corrected chi connectivity index (χ0v) is 28.8. The topological polar surface area (TPSA) is 148 Å². The van der Waals surface area contributed by atoms with E-state index in [2.05, 4.69) is 5.32 Å². The lowest BCUT2D eigenvalue weighted by Crippen LogP contribution is -2.65. The number of carbonyl (C=O) groups excluding carboxylic acids is 4. The Morgan fingerprint density at radius 1 is 0.958 bits per heavy atom. The first kappa shape index (κ1) is 35.6. The summed E-state index contributed by atoms with van der Waals surface area (Å²) in [5.74, 6) is -1.47. The Bertz CT molecular complexity index is 1770. The van der Waals surface area contributed by atoms with E-state index in [4.69, 9.17) is 9.79 Å². The average Bonchev–Trinajstić information content (AvgIpc) is 3.70. The highest BCUT2D eigenvalue weighted by molar-refractivity contribution is 7.52. The SMILES string of the molecule is CC(=O)N1CCN(C(=O)C(NC(=O)c2cc3cc(C(F)(F)P(=O)(O)O)ccc3s2)C(C)(C)C)[C@H](C(=O)N2CC[C@H](c3ccccc3)C2)C1. The minimum Gasteiger partial charge on any atom is -0.340 e. The van der Waals surface area contributed by atoms with E-state index in [0.29, 0.717) is 17.8 Å². The third-order valence-electron chi connectivity index (χ3n) is 9.01. The van der Waals surface area contributed by atoms with Crippen molar-refractivity contribution in [2.75, 3.05) is 32.7 Å². The fraction of sp³-hybridized carbons (Fsp3) is 0.455. The number of benzene rings is 2. The van der Waals surface area contributed by atoms with Crippen molar-refractivity contribution in [1.82, 2.24) is 20.0 Å². The van der Waals surface area contributed by atoms with Gasteiger partial charge in [0.2, 0.25) is 17.7 Å². The predicted molar refractivity (Wildman–Crippen MR) is 177 cm³/mol. The molecule has 1 aromatic heterocycles. The molecule has 2 aliphatic heterocycles. The third kappa shape index (κ3) is 7.17. The van der Waals surface area contributed by atoms with E-state index in [1.165, 1.54) is 24.0 Å². The maximum Gasteiger partial charge on any atom is 0.399 e. The average molecular weight is 705 g/mol. The second-order valence-electron chi connectivity index (χ2n) is 13.4. The van der Waals surface area contributed by atoms with E-state index < -0.39 is 48.1 Å². The molecule has 3 heterocycles. The van der Waals surface area contributed by atoms with Crippen molar-refractivity contribution in [3.8, 4) is 0 Å². The Hall–Kier alpha value is -3.71. The van der Waals surface area contributed by atoms with Gasteiger partial charge in [-0.05, 0) is 41.0 Å². The van der Waals surface area contributed by atoms with Crippen LogP contribution in [0.15, 0.2) is 54.6 Å². The van der Waals surface area contributed by atoms with Gasteiger partial charge in [0.1, 0.15) is 12.1 Å². The number of likely N-dealkylation sites (tertiary alicyclic amines) is 1. The lowest BCUT2D eigenvalue weighted by molar-refractivity contribution is -0.154. The summed E-state index contributed by atoms with van der Waals surface area (Å²) < 4.78 is 40.5. The number of thiophene rings is 1. The Kier molecular flexibility index (Phi) is 9.86. The number of halogens is 2. The second-order valence-corrected chi connectivity index (χ2v) is 16.1. The molecule has 0 aliphatic carbocycles. The summed E-state index contributed by atoms with van der Waals surface area (Å²) >= 11 is 0.975. The van der Waals surface area contributed by atoms with Crippen molar-refractivity contribution in [2.24, 2.45) is 5.41 Å². The largest absolute Gasteiger partial charge is 0.399 e. The zero-order valence-electron chi connectivity index (χ0n) is 27.1. The zero-order chi connectivity index (χ0) is 35.2. The maximum absolute atomic E-state index is 14.3. The number of rotatable bonds is 7. The molecule has 4 amide bonds. The molecule has 3 N–H and O–H groups in total. The summed E-state index contributed by atoms with van der Waals surface area (Å²) in [7, 11) is -5.79. The number of piperazine rings is 1. The van der Waals surface area contributed by atoms with Crippen LogP contribution < -0.4 is 5.32 Å². The Labute approximate surface area is 281 Å². The molecule has 3 aromatic rings. The van der Waals surface area contributed by atoms with Crippen LogP contribution in [0.2, 0.25) is 0 Å². The first-order chi connectivity index (χ1) is 22.4. The fourth-order valence-electron chi connectivity index (χ4n) is 6.24. The molecule has 2 saturated heterocycles. The number of hydrogen-bond acceptors (Lipinski definition) is 6. The molecule has 258 valence electrons. The van der Waals surface area contributed by atoms with Gasteiger partial charge in [-0.1, -0.05) is 57.2 Å². The first-order valence-corrected chi connectivity index (χ1v) is 18.0. The smallest absolute Gasteiger partial charge is 0.340 e. The molecule has 1 unspecified atom stereocenters. The van der Waals surface area contributed by atoms with Crippen LogP contribution in [-0.2, 0) is 24.6 Å². The van der Waals surface area contributed by atoms with E-state index in [0.717, 1.165) is 35.5 Å². The van der Waals surface area contributed by atoms with Crippen LogP contribution in [0.25, 0.3) is 10.1 Å². The molecule has 5 rings (SSSR count). The van der Waals surface area contributed by atoms with Gasteiger partial charge in [0.25, 0.3) is 5.91 Å². The van der Waals surface area contributed by atoms with Gasteiger partial charge in [0.15, 0.2) is 0 Å². The van der Waals surface area contributed by atoms with Crippen LogP contribution in [0.5, 0.6) is 0 Å². The molecule has 2 aliphatic rings. The van der Waals surface area contributed by atoms with Gasteiger partial charge in [-0.25, -0.2) is 0 Å². The standard InChI is InChI=1S/C33H39F2N4O7PS/c1-20(40)37-14-15-39(25(19-37)30(42)38-13-12-22(18-38)21-8-6-5-7-9-21)31(43)28(32(2,3)4)36-29(41)27-17-23-16-24(10-11-26(23)48-27)33(34,35)47(44,45)46/h5-11,16-17,22,25,28H,12-15,18-19H2,1-4H3,(H,36,41)(H2,44,45,46)/t22-,25-,28?/m0/s1. The molecular weight excluding hydrogens is 665 g/mol. The third-order valence-corrected chi connectivity index (χ3v) is 11.1. The van der Waals surface area contributed by atoms with E-state index in [9.17, 15) is 32.5 Å². The molecular formula is C33H39F2N4O7PS. The predicted octanol–water partition coefficient (Wildman–Crippen LogP) is 4.35. The Morgan fingerprint density at radius 2 is 1.65 bits per heavy atom. The monoisotopic (exact) mass is 704 g/mol. The molecule has 0 saturated carbocycles. The number of hydrogen-bond donors (Lipinski definition) is 3. The summed E-state index contributed by atoms with van der Waals surface area (Å²) in [5, 5.41) is 2.97. The summed E-state index contributed by atoms with van der Waals surface area (Å²) in [6, 6.07) is 12.3. The summed E-state index contributed by atoms with van der Waals surface area (Å²) in [4.78, 5) is 77.4. The second kappa shape index (κ2) is 13.3. The summed E-state index contributed by atoms with van der Waals surface area (Å²) in [5.41, 5.74) is -4.99. The van der Waals surface area contributed by atoms with Crippen LogP contribution in [0, 0.1) is 5.41 Å². The van der Waals surface area contributed by atoms with Gasteiger partial charge < -0.3 is 29.8 Å². The van der Waals surface area contributed by atoms with Crippen molar-refractivity contribution in [3.05, 3.63) is 70.6 Å². The first-order valence-electron chi connectivity index (χ1n) is 15.6. The molecule has 3 atom stereocenters. The van der Waals surface area contributed by atoms with Gasteiger partial charge in [-0.3, -0.25) is 23.7 Å². The molecule has 0 radical (unpaired) electrons. The molecule has 2 fully saturated rings. The molecule has 2 aromatic carbocycles. The Balaban J connectivity index is 1.38.